The highest BCUT2D eigenvalue weighted by Crippen LogP contribution is 2.26. The quantitative estimate of drug-likeness (QED) is 0.685. The van der Waals surface area contributed by atoms with Gasteiger partial charge in [0.2, 0.25) is 5.91 Å². The van der Waals surface area contributed by atoms with Crippen LogP contribution in [0.1, 0.15) is 31.4 Å². The van der Waals surface area contributed by atoms with Crippen molar-refractivity contribution in [3.05, 3.63) is 78.4 Å². The Labute approximate surface area is 183 Å². The first-order valence-electron chi connectivity index (χ1n) is 10.9. The summed E-state index contributed by atoms with van der Waals surface area (Å²) in [4.78, 5) is 19.5. The summed E-state index contributed by atoms with van der Waals surface area (Å²) in [5.41, 5.74) is 3.26. The zero-order valence-electron chi connectivity index (χ0n) is 18.2. The predicted molar refractivity (Wildman–Crippen MR) is 122 cm³/mol. The van der Waals surface area contributed by atoms with E-state index in [1.807, 2.05) is 46.0 Å². The molecule has 0 aliphatic carbocycles. The van der Waals surface area contributed by atoms with E-state index >= 15 is 0 Å². The number of carbonyl (C=O) groups is 1. The second kappa shape index (κ2) is 9.69. The van der Waals surface area contributed by atoms with E-state index in [0.29, 0.717) is 25.6 Å². The Morgan fingerprint density at radius 3 is 2.71 bits per heavy atom. The summed E-state index contributed by atoms with van der Waals surface area (Å²) in [6.45, 7) is 6.31. The number of rotatable bonds is 4. The molecule has 0 unspecified atom stereocenters. The number of benzene rings is 2. The maximum Gasteiger partial charge on any atom is 0.243 e. The van der Waals surface area contributed by atoms with Crippen LogP contribution in [0.2, 0.25) is 0 Å². The van der Waals surface area contributed by atoms with E-state index in [0.717, 1.165) is 29.0 Å². The number of carbonyl (C=O) groups excluding carboxylic acids is 1. The summed E-state index contributed by atoms with van der Waals surface area (Å²) in [6, 6.07) is 16.3. The largest absolute Gasteiger partial charge is 0.491 e. The fourth-order valence-corrected chi connectivity index (χ4v) is 4.06. The lowest BCUT2D eigenvalue weighted by Crippen LogP contribution is -2.45. The molecule has 1 N–H and O–H groups in total. The smallest absolute Gasteiger partial charge is 0.243 e. The fourth-order valence-electron chi connectivity index (χ4n) is 4.06. The van der Waals surface area contributed by atoms with Crippen LogP contribution in [0, 0.1) is 5.92 Å². The molecule has 162 valence electrons. The van der Waals surface area contributed by atoms with Gasteiger partial charge in [0.1, 0.15) is 18.9 Å². The summed E-state index contributed by atoms with van der Waals surface area (Å²) in [5, 5.41) is 3.54. The molecule has 1 aliphatic rings. The van der Waals surface area contributed by atoms with Gasteiger partial charge in [-0.25, -0.2) is 4.98 Å². The molecule has 0 bridgehead atoms. The van der Waals surface area contributed by atoms with Crippen LogP contribution >= 0.6 is 0 Å². The van der Waals surface area contributed by atoms with Gasteiger partial charge in [-0.3, -0.25) is 4.79 Å². The molecule has 1 amide bonds. The van der Waals surface area contributed by atoms with Gasteiger partial charge in [0.15, 0.2) is 0 Å². The molecule has 0 saturated carbocycles. The summed E-state index contributed by atoms with van der Waals surface area (Å²) in [7, 11) is 0. The van der Waals surface area contributed by atoms with Crippen LogP contribution < -0.4 is 10.1 Å². The van der Waals surface area contributed by atoms with Gasteiger partial charge in [0.05, 0.1) is 12.4 Å². The van der Waals surface area contributed by atoms with Crippen LogP contribution in [-0.4, -0.2) is 33.0 Å². The van der Waals surface area contributed by atoms with E-state index in [9.17, 15) is 4.79 Å². The molecule has 2 heterocycles. The second-order valence-corrected chi connectivity index (χ2v) is 8.47. The number of para-hydroxylation sites is 2. The van der Waals surface area contributed by atoms with Crippen LogP contribution in [0.4, 0.5) is 5.69 Å². The zero-order chi connectivity index (χ0) is 21.6. The van der Waals surface area contributed by atoms with E-state index in [1.54, 1.807) is 12.5 Å². The van der Waals surface area contributed by atoms with Gasteiger partial charge >= 0.3 is 0 Å². The molecule has 1 atom stereocenters. The molecule has 6 heteroatoms. The molecule has 2 aromatic carbocycles. The first-order valence-corrected chi connectivity index (χ1v) is 10.9. The number of hydrogen-bond acceptors (Lipinski definition) is 4. The van der Waals surface area contributed by atoms with E-state index < -0.39 is 0 Å². The Morgan fingerprint density at radius 1 is 1.16 bits per heavy atom. The highest BCUT2D eigenvalue weighted by molar-refractivity contribution is 5.76. The Balaban J connectivity index is 1.71. The third-order valence-corrected chi connectivity index (χ3v) is 5.61. The molecule has 0 radical (unpaired) electrons. The normalized spacial score (nSPS) is 16.5. The van der Waals surface area contributed by atoms with Gasteiger partial charge in [-0.15, -0.1) is 0 Å². The first-order chi connectivity index (χ1) is 15.1. The van der Waals surface area contributed by atoms with Crippen LogP contribution in [0.15, 0.2) is 67.3 Å². The van der Waals surface area contributed by atoms with Crippen molar-refractivity contribution in [2.24, 2.45) is 5.92 Å². The number of fused-ring (bicyclic) bond motifs is 2. The second-order valence-electron chi connectivity index (χ2n) is 8.47. The minimum atomic E-state index is -0.0322. The van der Waals surface area contributed by atoms with Crippen LogP contribution in [0.5, 0.6) is 5.75 Å². The average molecular weight is 419 g/mol. The highest BCUT2D eigenvalue weighted by atomic mass is 16.5. The molecule has 0 saturated heterocycles. The number of imidazole rings is 1. The maximum atomic E-state index is 13.5. The number of nitrogens with one attached hydrogen (secondary N) is 1. The molecule has 1 aromatic heterocycles. The lowest BCUT2D eigenvalue weighted by atomic mass is 10.0. The molecular weight excluding hydrogens is 388 g/mol. The maximum absolute atomic E-state index is 13.5. The SMILES string of the molecule is CC(C)C[C@H]1COc2ccccc2CNc2ccccc2CN1C(=O)Cn1ccnc1. The fraction of sp³-hybridized carbons (Fsp3) is 0.360. The molecule has 6 nitrogen and oxygen atoms in total. The lowest BCUT2D eigenvalue weighted by molar-refractivity contribution is -0.136. The summed E-state index contributed by atoms with van der Waals surface area (Å²) in [5.74, 6) is 1.37. The molecular formula is C25H30N4O2. The van der Waals surface area contributed by atoms with Crippen molar-refractivity contribution >= 4 is 11.6 Å². The highest BCUT2D eigenvalue weighted by Gasteiger charge is 2.27. The zero-order valence-corrected chi connectivity index (χ0v) is 18.2. The Hall–Kier alpha value is -3.28. The summed E-state index contributed by atoms with van der Waals surface area (Å²) < 4.78 is 8.11. The summed E-state index contributed by atoms with van der Waals surface area (Å²) in [6.07, 6.45) is 6.08. The molecule has 1 aliphatic heterocycles. The number of amides is 1. The molecule has 0 fully saturated rings. The number of anilines is 1. The van der Waals surface area contributed by atoms with Gasteiger partial charge in [-0.2, -0.15) is 0 Å². The summed E-state index contributed by atoms with van der Waals surface area (Å²) >= 11 is 0. The van der Waals surface area contributed by atoms with Crippen molar-refractivity contribution in [2.45, 2.75) is 45.9 Å². The third kappa shape index (κ3) is 5.26. The third-order valence-electron chi connectivity index (χ3n) is 5.61. The molecule has 31 heavy (non-hydrogen) atoms. The monoisotopic (exact) mass is 418 g/mol. The van der Waals surface area contributed by atoms with Crippen LogP contribution in [-0.2, 0) is 24.4 Å². The lowest BCUT2D eigenvalue weighted by Gasteiger charge is -2.33. The van der Waals surface area contributed by atoms with E-state index in [4.69, 9.17) is 4.74 Å². The molecule has 0 spiro atoms. The van der Waals surface area contributed by atoms with Gasteiger partial charge in [0.25, 0.3) is 0 Å². The van der Waals surface area contributed by atoms with Crippen LogP contribution in [0.25, 0.3) is 0 Å². The Kier molecular flexibility index (Phi) is 6.55. The van der Waals surface area contributed by atoms with Crippen molar-refractivity contribution in [3.8, 4) is 5.75 Å². The van der Waals surface area contributed by atoms with Crippen LogP contribution in [0.3, 0.4) is 0 Å². The van der Waals surface area contributed by atoms with Crippen molar-refractivity contribution in [2.75, 3.05) is 11.9 Å². The molecule has 4 rings (SSSR count). The predicted octanol–water partition coefficient (Wildman–Crippen LogP) is 4.33. The molecule has 3 aromatic rings. The minimum absolute atomic E-state index is 0.0322. The van der Waals surface area contributed by atoms with Crippen molar-refractivity contribution < 1.29 is 9.53 Å². The van der Waals surface area contributed by atoms with Crippen molar-refractivity contribution in [1.82, 2.24) is 14.5 Å². The standard InChI is InChI=1S/C25H30N4O2/c1-19(2)13-22-17-31-24-10-6-4-7-20(24)14-27-23-9-5-3-8-21(23)15-29(22)25(30)16-28-12-11-26-18-28/h3-12,18-19,22,27H,13-17H2,1-2H3/t22-/m0/s1. The van der Waals surface area contributed by atoms with Gasteiger partial charge in [0, 0.05) is 36.7 Å². The number of nitrogens with zero attached hydrogens (tertiary/aromatic N) is 3. The Morgan fingerprint density at radius 2 is 1.94 bits per heavy atom. The first kappa shape index (κ1) is 21.0. The van der Waals surface area contributed by atoms with Crippen molar-refractivity contribution in [3.63, 3.8) is 0 Å². The van der Waals surface area contributed by atoms with E-state index in [1.165, 1.54) is 0 Å². The van der Waals surface area contributed by atoms with Gasteiger partial charge < -0.3 is 19.5 Å². The van der Waals surface area contributed by atoms with Gasteiger partial charge in [-0.05, 0) is 30.0 Å². The minimum Gasteiger partial charge on any atom is -0.491 e. The van der Waals surface area contributed by atoms with Crippen molar-refractivity contribution in [1.29, 1.82) is 0 Å². The van der Waals surface area contributed by atoms with E-state index in [2.05, 4.69) is 42.3 Å². The number of aromatic nitrogens is 2. The Bertz CT molecular complexity index is 1000. The number of ether oxygens (including phenoxy) is 1. The topological polar surface area (TPSA) is 59.4 Å². The van der Waals surface area contributed by atoms with E-state index in [-0.39, 0.29) is 18.5 Å². The van der Waals surface area contributed by atoms with Gasteiger partial charge in [-0.1, -0.05) is 50.2 Å². The average Bonchev–Trinajstić information content (AvgIpc) is 3.26. The number of hydrogen-bond donors (Lipinski definition) is 1.